The Morgan fingerprint density at radius 1 is 1.19 bits per heavy atom. The van der Waals surface area contributed by atoms with E-state index in [1.807, 2.05) is 12.1 Å². The molecule has 1 amide bonds. The second-order valence-electron chi connectivity index (χ2n) is 8.77. The number of nitrogens with zero attached hydrogens (tertiary/aromatic N) is 3. The number of alkyl halides is 1. The lowest BCUT2D eigenvalue weighted by atomic mass is 9.90. The largest absolute Gasteiger partial charge is 0.316 e. The summed E-state index contributed by atoms with van der Waals surface area (Å²) < 4.78 is 15.1. The number of carbonyl (C=O) groups excluding carboxylic acids is 1. The Kier molecular flexibility index (Phi) is 6.65. The first-order valence-corrected chi connectivity index (χ1v) is 11.1. The highest BCUT2D eigenvalue weighted by Gasteiger charge is 2.35. The normalized spacial score (nSPS) is 21.6. The van der Waals surface area contributed by atoms with E-state index in [0.717, 1.165) is 31.9 Å². The van der Waals surface area contributed by atoms with Gasteiger partial charge >= 0.3 is 0 Å². The van der Waals surface area contributed by atoms with Crippen LogP contribution in [0.1, 0.15) is 41.4 Å². The number of benzene rings is 1. The van der Waals surface area contributed by atoms with Gasteiger partial charge < -0.3 is 15.5 Å². The van der Waals surface area contributed by atoms with Crippen molar-refractivity contribution >= 4 is 11.6 Å². The van der Waals surface area contributed by atoms with Crippen LogP contribution in [0.3, 0.4) is 0 Å². The van der Waals surface area contributed by atoms with E-state index in [1.165, 1.54) is 11.8 Å². The van der Waals surface area contributed by atoms with E-state index in [0.29, 0.717) is 43.2 Å². The molecule has 1 aromatic heterocycles. The number of piperidine rings is 1. The number of carbonyl (C=O) groups is 1. The molecule has 2 aromatic rings. The number of pyridine rings is 1. The second-order valence-corrected chi connectivity index (χ2v) is 8.77. The first-order chi connectivity index (χ1) is 14.9. The Balaban J connectivity index is 1.39. The maximum atomic E-state index is 15.1. The lowest BCUT2D eigenvalue weighted by Crippen LogP contribution is -2.48. The van der Waals surface area contributed by atoms with Gasteiger partial charge in [-0.15, -0.1) is 0 Å². The molecule has 166 valence electrons. The number of nitrogens with one attached hydrogen (secondary N) is 2. The summed E-state index contributed by atoms with van der Waals surface area (Å²) in [5, 5.41) is 6.63. The molecule has 0 saturated carbocycles. The Bertz CT molecular complexity index is 880. The first kappa shape index (κ1) is 21.9. The maximum absolute atomic E-state index is 15.1. The molecule has 7 heteroatoms. The van der Waals surface area contributed by atoms with E-state index in [9.17, 15) is 4.79 Å². The van der Waals surface area contributed by atoms with Crippen molar-refractivity contribution < 1.29 is 9.18 Å². The van der Waals surface area contributed by atoms with Crippen molar-refractivity contribution in [3.63, 3.8) is 0 Å². The van der Waals surface area contributed by atoms with Crippen molar-refractivity contribution in [1.82, 2.24) is 20.5 Å². The third kappa shape index (κ3) is 5.11. The fourth-order valence-corrected chi connectivity index (χ4v) is 4.41. The van der Waals surface area contributed by atoms with Gasteiger partial charge in [0.2, 0.25) is 0 Å². The number of aromatic nitrogens is 1. The first-order valence-electron chi connectivity index (χ1n) is 11.1. The van der Waals surface area contributed by atoms with Gasteiger partial charge in [0.15, 0.2) is 5.67 Å². The zero-order valence-corrected chi connectivity index (χ0v) is 18.4. The van der Waals surface area contributed by atoms with E-state index in [2.05, 4.69) is 39.6 Å². The zero-order valence-electron chi connectivity index (χ0n) is 18.4. The topological polar surface area (TPSA) is 60.5 Å². The summed E-state index contributed by atoms with van der Waals surface area (Å²) in [4.78, 5) is 21.3. The van der Waals surface area contributed by atoms with Crippen LogP contribution < -0.4 is 15.5 Å². The van der Waals surface area contributed by atoms with Crippen LogP contribution >= 0.6 is 0 Å². The molecule has 2 N–H and O–H groups in total. The summed E-state index contributed by atoms with van der Waals surface area (Å²) in [5.41, 5.74) is 1.53. The minimum atomic E-state index is -1.41. The van der Waals surface area contributed by atoms with Crippen molar-refractivity contribution in [2.45, 2.75) is 38.0 Å². The molecule has 2 saturated heterocycles. The number of hydrogen-bond acceptors (Lipinski definition) is 5. The molecule has 31 heavy (non-hydrogen) atoms. The average Bonchev–Trinajstić information content (AvgIpc) is 2.79. The van der Waals surface area contributed by atoms with Gasteiger partial charge in [-0.1, -0.05) is 12.1 Å². The molecule has 2 aliphatic heterocycles. The number of hydrogen-bond donors (Lipinski definition) is 2. The summed E-state index contributed by atoms with van der Waals surface area (Å²) in [6.07, 6.45) is 2.32. The van der Waals surface area contributed by atoms with Crippen LogP contribution in [0.25, 0.3) is 0 Å². The number of rotatable bonds is 5. The highest BCUT2D eigenvalue weighted by Crippen LogP contribution is 2.33. The number of piperazine rings is 1. The zero-order chi connectivity index (χ0) is 21.8. The molecule has 0 unspecified atom stereocenters. The molecule has 0 aliphatic carbocycles. The smallest absolute Gasteiger partial charge is 0.259 e. The highest BCUT2D eigenvalue weighted by atomic mass is 19.1. The molecule has 0 spiro atoms. The van der Waals surface area contributed by atoms with Crippen molar-refractivity contribution in [2.75, 3.05) is 44.7 Å². The van der Waals surface area contributed by atoms with E-state index < -0.39 is 5.67 Å². The van der Waals surface area contributed by atoms with Crippen LogP contribution in [-0.4, -0.2) is 61.6 Å². The molecule has 0 bridgehead atoms. The van der Waals surface area contributed by atoms with Crippen molar-refractivity contribution in [3.8, 4) is 0 Å². The summed E-state index contributed by atoms with van der Waals surface area (Å²) >= 11 is 0. The standard InChI is InChI=1S/C24H32FN5O/c1-18-16-30(14-13-27-18)17-19-3-6-21(7-4-19)29(2)23(31)20-5-8-22(28-15-20)24(25)9-11-26-12-10-24/h3-8,15,18,26-27H,9-14,16-17H2,1-2H3/t18-/m0/s1. The molecule has 6 nitrogen and oxygen atoms in total. The Morgan fingerprint density at radius 2 is 1.94 bits per heavy atom. The van der Waals surface area contributed by atoms with Crippen LogP contribution in [0, 0.1) is 0 Å². The van der Waals surface area contributed by atoms with Gasteiger partial charge in [0.05, 0.1) is 11.3 Å². The van der Waals surface area contributed by atoms with Crippen LogP contribution in [0.15, 0.2) is 42.6 Å². The summed E-state index contributed by atoms with van der Waals surface area (Å²) in [6.45, 7) is 7.51. The van der Waals surface area contributed by atoms with Crippen LogP contribution in [0.4, 0.5) is 10.1 Å². The fourth-order valence-electron chi connectivity index (χ4n) is 4.41. The second kappa shape index (κ2) is 9.42. The van der Waals surface area contributed by atoms with Crippen LogP contribution in [0.2, 0.25) is 0 Å². The van der Waals surface area contributed by atoms with Gasteiger partial charge in [0.25, 0.3) is 5.91 Å². The van der Waals surface area contributed by atoms with Crippen LogP contribution in [0.5, 0.6) is 0 Å². The number of halogens is 1. The Morgan fingerprint density at radius 3 is 2.58 bits per heavy atom. The summed E-state index contributed by atoms with van der Waals surface area (Å²) in [7, 11) is 1.76. The lowest BCUT2D eigenvalue weighted by Gasteiger charge is -2.31. The minimum Gasteiger partial charge on any atom is -0.316 e. The molecule has 2 fully saturated rings. The van der Waals surface area contributed by atoms with Gasteiger partial charge in [-0.05, 0) is 62.7 Å². The van der Waals surface area contributed by atoms with Crippen molar-refractivity contribution in [1.29, 1.82) is 0 Å². The van der Waals surface area contributed by atoms with E-state index in [4.69, 9.17) is 0 Å². The molecule has 1 atom stereocenters. The molecule has 3 heterocycles. The lowest BCUT2D eigenvalue weighted by molar-refractivity contribution is 0.0988. The predicted molar refractivity (Wildman–Crippen MR) is 121 cm³/mol. The van der Waals surface area contributed by atoms with Crippen molar-refractivity contribution in [3.05, 3.63) is 59.4 Å². The molecule has 4 rings (SSSR count). The van der Waals surface area contributed by atoms with E-state index in [-0.39, 0.29) is 5.91 Å². The van der Waals surface area contributed by atoms with Gasteiger partial charge in [0, 0.05) is 51.2 Å². The molecule has 2 aliphatic rings. The Hall–Kier alpha value is -2.35. The SMILES string of the molecule is C[C@H]1CN(Cc2ccc(N(C)C(=O)c3ccc(C4(F)CCNCC4)nc3)cc2)CCN1. The summed E-state index contributed by atoms with van der Waals surface area (Å²) in [5.74, 6) is -0.152. The van der Waals surface area contributed by atoms with E-state index in [1.54, 1.807) is 24.1 Å². The molecule has 0 radical (unpaired) electrons. The average molecular weight is 426 g/mol. The minimum absolute atomic E-state index is 0.152. The van der Waals surface area contributed by atoms with E-state index >= 15 is 4.39 Å². The monoisotopic (exact) mass is 425 g/mol. The third-order valence-electron chi connectivity index (χ3n) is 6.35. The Labute approximate surface area is 183 Å². The third-order valence-corrected chi connectivity index (χ3v) is 6.35. The summed E-state index contributed by atoms with van der Waals surface area (Å²) in [6, 6.07) is 12.0. The van der Waals surface area contributed by atoms with Gasteiger partial charge in [-0.3, -0.25) is 14.7 Å². The van der Waals surface area contributed by atoms with Gasteiger partial charge in [-0.25, -0.2) is 4.39 Å². The molecular weight excluding hydrogens is 393 g/mol. The number of amides is 1. The van der Waals surface area contributed by atoms with Crippen molar-refractivity contribution in [2.24, 2.45) is 0 Å². The predicted octanol–water partition coefficient (Wildman–Crippen LogP) is 2.70. The molecule has 1 aromatic carbocycles. The highest BCUT2D eigenvalue weighted by molar-refractivity contribution is 6.05. The van der Waals surface area contributed by atoms with Crippen LogP contribution in [-0.2, 0) is 12.2 Å². The maximum Gasteiger partial charge on any atom is 0.259 e. The van der Waals surface area contributed by atoms with Gasteiger partial charge in [0.1, 0.15) is 0 Å². The van der Waals surface area contributed by atoms with Gasteiger partial charge in [-0.2, -0.15) is 0 Å². The number of anilines is 1. The fraction of sp³-hybridized carbons (Fsp3) is 0.500. The molecular formula is C24H32FN5O. The quantitative estimate of drug-likeness (QED) is 0.771.